The quantitative estimate of drug-likeness (QED) is 0.870. The maximum atomic E-state index is 12.5. The minimum absolute atomic E-state index is 0.215. The number of carbonyl (C=O) groups is 1. The maximum absolute atomic E-state index is 12.5. The van der Waals surface area contributed by atoms with Crippen molar-refractivity contribution in [2.24, 2.45) is 0 Å². The van der Waals surface area contributed by atoms with Crippen LogP contribution in [0.2, 0.25) is 0 Å². The van der Waals surface area contributed by atoms with Crippen LogP contribution in [0.25, 0.3) is 0 Å². The number of nitriles is 1. The zero-order valence-corrected chi connectivity index (χ0v) is 12.7. The van der Waals surface area contributed by atoms with E-state index in [-0.39, 0.29) is 5.91 Å². The number of amides is 1. The fraction of sp³-hybridized carbons (Fsp3) is 0.176. The molecule has 2 rings (SSSR count). The van der Waals surface area contributed by atoms with E-state index in [4.69, 9.17) is 14.7 Å². The fourth-order valence-electron chi connectivity index (χ4n) is 2.02. The van der Waals surface area contributed by atoms with Crippen molar-refractivity contribution in [3.8, 4) is 17.6 Å². The van der Waals surface area contributed by atoms with Gasteiger partial charge in [0.1, 0.15) is 11.5 Å². The Balaban J connectivity index is 2.36. The molecule has 0 aliphatic heterocycles. The van der Waals surface area contributed by atoms with Gasteiger partial charge in [-0.1, -0.05) is 6.07 Å². The zero-order chi connectivity index (χ0) is 16.1. The summed E-state index contributed by atoms with van der Waals surface area (Å²) in [7, 11) is 4.77. The molecular weight excluding hydrogens is 280 g/mol. The molecule has 0 saturated carbocycles. The van der Waals surface area contributed by atoms with Gasteiger partial charge in [0.05, 0.1) is 31.5 Å². The molecule has 0 radical (unpaired) electrons. The number of hydrogen-bond donors (Lipinski definition) is 0. The van der Waals surface area contributed by atoms with Crippen molar-refractivity contribution in [1.82, 2.24) is 0 Å². The van der Waals surface area contributed by atoms with Gasteiger partial charge in [-0.2, -0.15) is 5.26 Å². The Hall–Kier alpha value is -3.00. The number of benzene rings is 2. The second kappa shape index (κ2) is 6.64. The van der Waals surface area contributed by atoms with Gasteiger partial charge in [-0.15, -0.1) is 0 Å². The summed E-state index contributed by atoms with van der Waals surface area (Å²) >= 11 is 0. The highest BCUT2D eigenvalue weighted by atomic mass is 16.5. The van der Waals surface area contributed by atoms with Crippen LogP contribution in [0.1, 0.15) is 15.9 Å². The third kappa shape index (κ3) is 3.18. The molecule has 5 heteroatoms. The minimum atomic E-state index is -0.215. The van der Waals surface area contributed by atoms with E-state index in [1.165, 1.54) is 4.90 Å². The van der Waals surface area contributed by atoms with Gasteiger partial charge in [-0.05, 0) is 18.2 Å². The third-order valence-corrected chi connectivity index (χ3v) is 3.27. The molecule has 2 aromatic carbocycles. The van der Waals surface area contributed by atoms with Crippen LogP contribution in [-0.2, 0) is 0 Å². The first-order chi connectivity index (χ1) is 10.6. The topological polar surface area (TPSA) is 62.6 Å². The van der Waals surface area contributed by atoms with Crippen molar-refractivity contribution in [2.75, 3.05) is 26.2 Å². The van der Waals surface area contributed by atoms with E-state index < -0.39 is 0 Å². The molecule has 0 unspecified atom stereocenters. The maximum Gasteiger partial charge on any atom is 0.258 e. The predicted octanol–water partition coefficient (Wildman–Crippen LogP) is 2.85. The van der Waals surface area contributed by atoms with E-state index in [0.29, 0.717) is 28.3 Å². The van der Waals surface area contributed by atoms with Crippen molar-refractivity contribution in [2.45, 2.75) is 0 Å². The number of nitrogens with zero attached hydrogens (tertiary/aromatic N) is 2. The molecule has 112 valence electrons. The van der Waals surface area contributed by atoms with Crippen LogP contribution in [0, 0.1) is 11.3 Å². The molecule has 0 fully saturated rings. The van der Waals surface area contributed by atoms with E-state index >= 15 is 0 Å². The molecule has 0 atom stereocenters. The molecule has 0 N–H and O–H groups in total. The molecule has 1 amide bonds. The molecule has 0 aromatic heterocycles. The zero-order valence-electron chi connectivity index (χ0n) is 12.7. The van der Waals surface area contributed by atoms with Gasteiger partial charge in [-0.25, -0.2) is 0 Å². The average molecular weight is 296 g/mol. The van der Waals surface area contributed by atoms with Gasteiger partial charge in [0.2, 0.25) is 0 Å². The monoisotopic (exact) mass is 296 g/mol. The summed E-state index contributed by atoms with van der Waals surface area (Å²) in [6, 6.07) is 13.8. The van der Waals surface area contributed by atoms with Gasteiger partial charge in [0.15, 0.2) is 0 Å². The minimum Gasteiger partial charge on any atom is -0.497 e. The highest BCUT2D eigenvalue weighted by Gasteiger charge is 2.15. The Morgan fingerprint density at radius 3 is 2.27 bits per heavy atom. The van der Waals surface area contributed by atoms with Crippen molar-refractivity contribution < 1.29 is 14.3 Å². The van der Waals surface area contributed by atoms with Crippen molar-refractivity contribution in [1.29, 1.82) is 5.26 Å². The lowest BCUT2D eigenvalue weighted by molar-refractivity contribution is 0.0993. The van der Waals surface area contributed by atoms with Crippen LogP contribution in [0.5, 0.6) is 11.5 Å². The molecule has 0 spiro atoms. The molecule has 0 heterocycles. The average Bonchev–Trinajstić information content (AvgIpc) is 2.59. The SMILES string of the molecule is COc1cc(OC)cc(N(C)C(=O)c2cccc(C#N)c2)c1. The largest absolute Gasteiger partial charge is 0.497 e. The molecule has 0 aliphatic carbocycles. The Morgan fingerprint density at radius 1 is 1.09 bits per heavy atom. The van der Waals surface area contributed by atoms with E-state index in [1.54, 1.807) is 63.7 Å². The Bertz CT molecular complexity index is 713. The van der Waals surface area contributed by atoms with Crippen molar-refractivity contribution in [3.63, 3.8) is 0 Å². The number of anilines is 1. The van der Waals surface area contributed by atoms with Gasteiger partial charge in [-0.3, -0.25) is 4.79 Å². The molecule has 2 aromatic rings. The number of ether oxygens (including phenoxy) is 2. The van der Waals surface area contributed by atoms with Gasteiger partial charge in [0, 0.05) is 30.8 Å². The molecule has 22 heavy (non-hydrogen) atoms. The second-order valence-electron chi connectivity index (χ2n) is 4.63. The normalized spacial score (nSPS) is 9.73. The Kier molecular flexibility index (Phi) is 4.64. The summed E-state index contributed by atoms with van der Waals surface area (Å²) in [6.45, 7) is 0. The fourth-order valence-corrected chi connectivity index (χ4v) is 2.02. The summed E-state index contributed by atoms with van der Waals surface area (Å²) in [5.74, 6) is 0.979. The number of methoxy groups -OCH3 is 2. The van der Waals surface area contributed by atoms with Crippen LogP contribution in [0.15, 0.2) is 42.5 Å². The second-order valence-corrected chi connectivity index (χ2v) is 4.63. The first-order valence-corrected chi connectivity index (χ1v) is 6.60. The first kappa shape index (κ1) is 15.4. The van der Waals surface area contributed by atoms with E-state index in [2.05, 4.69) is 0 Å². The van der Waals surface area contributed by atoms with Gasteiger partial charge < -0.3 is 14.4 Å². The van der Waals surface area contributed by atoms with Crippen molar-refractivity contribution >= 4 is 11.6 Å². The molecule has 0 aliphatic rings. The molecule has 0 bridgehead atoms. The third-order valence-electron chi connectivity index (χ3n) is 3.27. The summed E-state index contributed by atoms with van der Waals surface area (Å²) in [5.41, 5.74) is 1.54. The summed E-state index contributed by atoms with van der Waals surface area (Å²) in [6.07, 6.45) is 0. The lowest BCUT2D eigenvalue weighted by atomic mass is 10.1. The van der Waals surface area contributed by atoms with Crippen LogP contribution in [0.3, 0.4) is 0 Å². The lowest BCUT2D eigenvalue weighted by Crippen LogP contribution is -2.26. The smallest absolute Gasteiger partial charge is 0.258 e. The molecule has 0 saturated heterocycles. The highest BCUT2D eigenvalue weighted by molar-refractivity contribution is 6.06. The summed E-state index contributed by atoms with van der Waals surface area (Å²) < 4.78 is 10.4. The van der Waals surface area contributed by atoms with Crippen LogP contribution >= 0.6 is 0 Å². The predicted molar refractivity (Wildman–Crippen MR) is 83.4 cm³/mol. The summed E-state index contributed by atoms with van der Waals surface area (Å²) in [5, 5.41) is 8.93. The van der Waals surface area contributed by atoms with E-state index in [9.17, 15) is 4.79 Å². The van der Waals surface area contributed by atoms with Gasteiger partial charge in [0.25, 0.3) is 5.91 Å². The number of rotatable bonds is 4. The van der Waals surface area contributed by atoms with E-state index in [0.717, 1.165) is 0 Å². The number of hydrogen-bond acceptors (Lipinski definition) is 4. The van der Waals surface area contributed by atoms with Crippen LogP contribution in [-0.4, -0.2) is 27.2 Å². The Morgan fingerprint density at radius 2 is 1.73 bits per heavy atom. The van der Waals surface area contributed by atoms with Crippen molar-refractivity contribution in [3.05, 3.63) is 53.6 Å². The Labute approximate surface area is 129 Å². The molecule has 5 nitrogen and oxygen atoms in total. The number of carbonyl (C=O) groups excluding carboxylic acids is 1. The molecular formula is C17H16N2O3. The lowest BCUT2D eigenvalue weighted by Gasteiger charge is -2.19. The van der Waals surface area contributed by atoms with Crippen LogP contribution < -0.4 is 14.4 Å². The summed E-state index contributed by atoms with van der Waals surface area (Å²) in [4.78, 5) is 14.0. The van der Waals surface area contributed by atoms with Crippen LogP contribution in [0.4, 0.5) is 5.69 Å². The standard InChI is InChI=1S/C17H16N2O3/c1-19(14-8-15(21-2)10-16(9-14)22-3)17(20)13-6-4-5-12(7-13)11-18/h4-10H,1-3H3. The van der Waals surface area contributed by atoms with Gasteiger partial charge >= 0.3 is 0 Å². The first-order valence-electron chi connectivity index (χ1n) is 6.60. The highest BCUT2D eigenvalue weighted by Crippen LogP contribution is 2.28. The van der Waals surface area contributed by atoms with E-state index in [1.807, 2.05) is 6.07 Å².